The minimum Gasteiger partial charge on any atom is -0.495 e. The third-order valence-corrected chi connectivity index (χ3v) is 12.7. The van der Waals surface area contributed by atoms with Gasteiger partial charge in [-0.1, -0.05) is 47.0 Å². The van der Waals surface area contributed by atoms with Crippen LogP contribution in [0.1, 0.15) is 90.6 Å². The summed E-state index contributed by atoms with van der Waals surface area (Å²) in [7, 11) is 3.27. The van der Waals surface area contributed by atoms with Crippen LogP contribution >= 0.6 is 15.9 Å². The lowest BCUT2D eigenvalue weighted by atomic mass is 9.91. The van der Waals surface area contributed by atoms with Crippen molar-refractivity contribution >= 4 is 80.2 Å². The van der Waals surface area contributed by atoms with Crippen LogP contribution in [0.5, 0.6) is 5.75 Å². The molecule has 360 valence electrons. The van der Waals surface area contributed by atoms with Crippen LogP contribution in [-0.4, -0.2) is 110 Å². The van der Waals surface area contributed by atoms with E-state index in [1.165, 1.54) is 12.0 Å². The molecule has 0 bridgehead atoms. The number of amides is 6. The first-order chi connectivity index (χ1) is 32.7. The first-order valence-corrected chi connectivity index (χ1v) is 23.7. The lowest BCUT2D eigenvalue weighted by Gasteiger charge is -2.29. The van der Waals surface area contributed by atoms with Crippen LogP contribution in [0.25, 0.3) is 0 Å². The molecule has 1 fully saturated rings. The smallest absolute Gasteiger partial charge is 0.255 e. The van der Waals surface area contributed by atoms with Gasteiger partial charge in [-0.2, -0.15) is 4.98 Å². The monoisotopic (exact) mass is 994 g/mol. The quantitative estimate of drug-likeness (QED) is 0.0502. The molecule has 4 aromatic rings. The van der Waals surface area contributed by atoms with Gasteiger partial charge in [0, 0.05) is 79.5 Å². The predicted octanol–water partition coefficient (Wildman–Crippen LogP) is 5.69. The van der Waals surface area contributed by atoms with E-state index in [4.69, 9.17) is 14.5 Å². The Balaban J connectivity index is 0.773. The molecule has 18 nitrogen and oxygen atoms in total. The van der Waals surface area contributed by atoms with E-state index in [0.717, 1.165) is 42.3 Å². The number of piperidine rings is 1. The summed E-state index contributed by atoms with van der Waals surface area (Å²) >= 11 is 3.51. The minimum absolute atomic E-state index is 0.0289. The number of carbonyl (C=O) groups is 6. The number of methoxy groups -OCH3 is 1. The fourth-order valence-corrected chi connectivity index (χ4v) is 8.86. The summed E-state index contributed by atoms with van der Waals surface area (Å²) in [5.74, 6) is -0.161. The summed E-state index contributed by atoms with van der Waals surface area (Å²) in [6.07, 6.45) is 5.98. The standard InChI is InChI=1S/C49H59BrN10O8/c1-49(2)30-59(28-31-13-16-33(50)17-14-31)43-39(58(3)47(49)66)27-53-48(57-43)55-37-18-15-32(26-40(37)67-4)44(63)52-23-25-68-24-22-51-21-8-6-5-7-12-41(61)54-36-11-9-10-34-35(36)29-60(46(34)65)38-19-20-42(62)56-45(38)64/h9-11,13-18,26-27,38,51H,5-8,12,19-25,28-30H2,1-4H3,(H,52,63)(H,54,61)(H,53,55,57)(H,56,62,64). The molecule has 68 heavy (non-hydrogen) atoms. The van der Waals surface area contributed by atoms with Gasteiger partial charge in [0.05, 0.1) is 37.6 Å². The third-order valence-electron chi connectivity index (χ3n) is 12.2. The summed E-state index contributed by atoms with van der Waals surface area (Å²) in [5, 5.41) is 14.8. The Bertz CT molecular complexity index is 2520. The highest BCUT2D eigenvalue weighted by atomic mass is 79.9. The van der Waals surface area contributed by atoms with Crippen molar-refractivity contribution < 1.29 is 38.2 Å². The number of imide groups is 1. The second-order valence-corrected chi connectivity index (χ2v) is 18.7. The summed E-state index contributed by atoms with van der Waals surface area (Å²) in [6.45, 7) is 7.69. The van der Waals surface area contributed by atoms with E-state index >= 15 is 0 Å². The van der Waals surface area contributed by atoms with Crippen LogP contribution in [0.15, 0.2) is 71.3 Å². The van der Waals surface area contributed by atoms with E-state index < -0.39 is 17.4 Å². The molecule has 6 amide bonds. The van der Waals surface area contributed by atoms with Gasteiger partial charge in [0.15, 0.2) is 5.82 Å². The van der Waals surface area contributed by atoms with Gasteiger partial charge in [-0.05, 0) is 87.7 Å². The zero-order chi connectivity index (χ0) is 48.4. The number of nitrogens with zero attached hydrogens (tertiary/aromatic N) is 5. The molecule has 3 aliphatic rings. The first kappa shape index (κ1) is 49.5. The van der Waals surface area contributed by atoms with Crippen LogP contribution in [0.2, 0.25) is 0 Å². The largest absolute Gasteiger partial charge is 0.495 e. The molecule has 19 heteroatoms. The maximum absolute atomic E-state index is 13.4. The van der Waals surface area contributed by atoms with Gasteiger partial charge in [0.2, 0.25) is 29.6 Å². The fraction of sp³-hybridized carbons (Fsp3) is 0.429. The maximum Gasteiger partial charge on any atom is 0.255 e. The van der Waals surface area contributed by atoms with Gasteiger partial charge in [-0.15, -0.1) is 0 Å². The Kier molecular flexibility index (Phi) is 16.4. The average Bonchev–Trinajstić information content (AvgIpc) is 3.63. The average molecular weight is 996 g/mol. The zero-order valence-electron chi connectivity index (χ0n) is 38.9. The van der Waals surface area contributed by atoms with Gasteiger partial charge in [-0.3, -0.25) is 34.1 Å². The van der Waals surface area contributed by atoms with Gasteiger partial charge in [0.25, 0.3) is 11.8 Å². The number of ether oxygens (including phenoxy) is 2. The SMILES string of the molecule is COc1cc(C(=O)NCCOCCNCCCCCCC(=O)Nc2cccc3c2CN(C2CCC(=O)NC2=O)C3=O)ccc1Nc1ncc2c(n1)N(Cc1ccc(Br)cc1)CC(C)(C)C(=O)N2C. The fourth-order valence-electron chi connectivity index (χ4n) is 8.59. The number of unbranched alkanes of at least 4 members (excludes halogenated alkanes) is 3. The molecule has 7 rings (SSSR count). The van der Waals surface area contributed by atoms with Crippen LogP contribution in [0.4, 0.5) is 28.8 Å². The second kappa shape index (κ2) is 22.6. The normalized spacial score (nSPS) is 16.5. The molecule has 3 aromatic carbocycles. The van der Waals surface area contributed by atoms with Crippen molar-refractivity contribution in [3.63, 3.8) is 0 Å². The number of hydrogen-bond acceptors (Lipinski definition) is 13. The molecule has 0 radical (unpaired) electrons. The number of aromatic nitrogens is 2. The lowest BCUT2D eigenvalue weighted by molar-refractivity contribution is -0.137. The van der Waals surface area contributed by atoms with Gasteiger partial charge >= 0.3 is 0 Å². The molecule has 0 spiro atoms. The second-order valence-electron chi connectivity index (χ2n) is 17.7. The van der Waals surface area contributed by atoms with Crippen molar-refractivity contribution in [2.45, 2.75) is 77.9 Å². The number of hydrogen-bond donors (Lipinski definition) is 5. The zero-order valence-corrected chi connectivity index (χ0v) is 40.5. The molecule has 0 aliphatic carbocycles. The van der Waals surface area contributed by atoms with Crippen LogP contribution < -0.4 is 41.1 Å². The first-order valence-electron chi connectivity index (χ1n) is 22.9. The third kappa shape index (κ3) is 12.2. The Morgan fingerprint density at radius 1 is 0.941 bits per heavy atom. The summed E-state index contributed by atoms with van der Waals surface area (Å²) in [4.78, 5) is 91.0. The van der Waals surface area contributed by atoms with Crippen molar-refractivity contribution in [2.24, 2.45) is 5.41 Å². The molecular weight excluding hydrogens is 937 g/mol. The predicted molar refractivity (Wildman–Crippen MR) is 261 cm³/mol. The van der Waals surface area contributed by atoms with Crippen molar-refractivity contribution in [3.8, 4) is 5.75 Å². The topological polar surface area (TPSA) is 217 Å². The number of anilines is 5. The Labute approximate surface area is 404 Å². The highest BCUT2D eigenvalue weighted by Crippen LogP contribution is 2.38. The maximum atomic E-state index is 13.4. The van der Waals surface area contributed by atoms with E-state index in [1.54, 1.807) is 54.5 Å². The summed E-state index contributed by atoms with van der Waals surface area (Å²) < 4.78 is 12.4. The van der Waals surface area contributed by atoms with E-state index in [2.05, 4.69) is 52.4 Å². The molecule has 1 aromatic heterocycles. The number of benzene rings is 3. The van der Waals surface area contributed by atoms with Crippen molar-refractivity contribution in [1.82, 2.24) is 30.8 Å². The van der Waals surface area contributed by atoms with Crippen LogP contribution in [-0.2, 0) is 37.0 Å². The molecule has 0 saturated carbocycles. The molecule has 1 atom stereocenters. The molecule has 4 heterocycles. The minimum atomic E-state index is -0.712. The molecular formula is C49H59BrN10O8. The number of fused-ring (bicyclic) bond motifs is 2. The van der Waals surface area contributed by atoms with Crippen molar-refractivity contribution in [3.05, 3.63) is 93.6 Å². The van der Waals surface area contributed by atoms with Gasteiger partial charge < -0.3 is 45.4 Å². The van der Waals surface area contributed by atoms with E-state index in [-0.39, 0.29) is 48.9 Å². The van der Waals surface area contributed by atoms with Crippen LogP contribution in [0.3, 0.4) is 0 Å². The number of halogens is 1. The highest BCUT2D eigenvalue weighted by molar-refractivity contribution is 9.10. The van der Waals surface area contributed by atoms with Crippen molar-refractivity contribution in [2.75, 3.05) is 74.0 Å². The van der Waals surface area contributed by atoms with Gasteiger partial charge in [-0.25, -0.2) is 4.98 Å². The summed E-state index contributed by atoms with van der Waals surface area (Å²) in [5.41, 5.74) is 3.69. The Hall–Kier alpha value is -6.44. The van der Waals surface area contributed by atoms with E-state index in [0.29, 0.717) is 97.1 Å². The molecule has 1 saturated heterocycles. The molecule has 5 N–H and O–H groups in total. The van der Waals surface area contributed by atoms with Crippen LogP contribution in [0, 0.1) is 5.41 Å². The molecule has 1 unspecified atom stereocenters. The lowest BCUT2D eigenvalue weighted by Crippen LogP contribution is -2.52. The number of rotatable bonds is 21. The van der Waals surface area contributed by atoms with Crippen molar-refractivity contribution in [1.29, 1.82) is 0 Å². The van der Waals surface area contributed by atoms with E-state index in [1.807, 2.05) is 38.1 Å². The van der Waals surface area contributed by atoms with E-state index in [9.17, 15) is 28.8 Å². The highest BCUT2D eigenvalue weighted by Gasteiger charge is 2.41. The van der Waals surface area contributed by atoms with Gasteiger partial charge in [0.1, 0.15) is 17.5 Å². The Morgan fingerprint density at radius 3 is 2.50 bits per heavy atom. The summed E-state index contributed by atoms with van der Waals surface area (Å²) in [6, 6.07) is 17.6. The Morgan fingerprint density at radius 2 is 1.72 bits per heavy atom. The molecule has 3 aliphatic heterocycles. The number of carbonyl (C=O) groups excluding carboxylic acids is 6. The number of nitrogens with one attached hydrogen (secondary N) is 5.